The topological polar surface area (TPSA) is 116 Å². The zero-order chi connectivity index (χ0) is 20.6. The highest BCUT2D eigenvalue weighted by atomic mass is 16.5. The number of aromatic hydroxyl groups is 2. The molecule has 1 unspecified atom stereocenters. The first kappa shape index (κ1) is 17.3. The lowest BCUT2D eigenvalue weighted by molar-refractivity contribution is -0.145. The molecule has 0 saturated carbocycles. The lowest BCUT2D eigenvalue weighted by Gasteiger charge is -2.24. The first-order valence-corrected chi connectivity index (χ1v) is 9.03. The fraction of sp³-hybridized carbons (Fsp3) is 0.182. The molecule has 0 radical (unpaired) electrons. The highest BCUT2D eigenvalue weighted by Crippen LogP contribution is 2.62. The van der Waals surface area contributed by atoms with E-state index < -0.39 is 17.2 Å². The molecule has 29 heavy (non-hydrogen) atoms. The minimum absolute atomic E-state index is 0.216. The van der Waals surface area contributed by atoms with Crippen LogP contribution in [0.15, 0.2) is 48.6 Å². The van der Waals surface area contributed by atoms with Gasteiger partial charge >= 0.3 is 5.97 Å². The number of hydrogen-bond donors (Lipinski definition) is 3. The van der Waals surface area contributed by atoms with Crippen LogP contribution >= 0.6 is 0 Å². The van der Waals surface area contributed by atoms with E-state index in [-0.39, 0.29) is 23.7 Å². The molecule has 3 heterocycles. The molecule has 2 bridgehead atoms. The smallest absolute Gasteiger partial charge is 0.306 e. The van der Waals surface area contributed by atoms with E-state index >= 15 is 0 Å². The number of benzene rings is 2. The standard InChI is InChI=1S/C22H16N2O5/c1-21-8-9-22(29-21,10-16(25)26)18-17(21)19(27)24(20(18)28)15-7-6-12(11-23)13-4-2-3-5-14(13)15/h2-9,27-28H,10H2,1H3,(H,25,26)/t21-,22?/m1/s1. The lowest BCUT2D eigenvalue weighted by Crippen LogP contribution is -2.26. The normalized spacial score (nSPS) is 24.0. The first-order chi connectivity index (χ1) is 13.8. The molecule has 0 amide bonds. The molecule has 7 nitrogen and oxygen atoms in total. The summed E-state index contributed by atoms with van der Waals surface area (Å²) in [5, 5.41) is 42.3. The maximum absolute atomic E-state index is 11.5. The zero-order valence-corrected chi connectivity index (χ0v) is 15.4. The van der Waals surface area contributed by atoms with E-state index in [0.29, 0.717) is 27.6 Å². The third kappa shape index (κ3) is 2.06. The van der Waals surface area contributed by atoms with Crippen molar-refractivity contribution in [3.8, 4) is 23.5 Å². The minimum atomic E-state index is -1.34. The van der Waals surface area contributed by atoms with Gasteiger partial charge in [0.05, 0.1) is 34.9 Å². The summed E-state index contributed by atoms with van der Waals surface area (Å²) >= 11 is 0. The van der Waals surface area contributed by atoms with E-state index in [9.17, 15) is 25.4 Å². The molecule has 2 atom stereocenters. The maximum atomic E-state index is 11.5. The Morgan fingerprint density at radius 3 is 2.48 bits per heavy atom. The molecule has 0 spiro atoms. The summed E-state index contributed by atoms with van der Waals surface area (Å²) < 4.78 is 7.27. The third-order valence-electron chi connectivity index (χ3n) is 5.78. The number of ether oxygens (including phenoxy) is 1. The number of carbonyl (C=O) groups is 1. The Hall–Kier alpha value is -3.76. The molecule has 2 aliphatic rings. The minimum Gasteiger partial charge on any atom is -0.494 e. The SMILES string of the molecule is C[C@]12C=CC(CC(=O)O)(O1)c1c2c(O)n(-c2ccc(C#N)c3ccccc23)c1O. The van der Waals surface area contributed by atoms with Gasteiger partial charge in [-0.15, -0.1) is 0 Å². The van der Waals surface area contributed by atoms with Crippen molar-refractivity contribution in [2.45, 2.75) is 24.5 Å². The van der Waals surface area contributed by atoms with Crippen molar-refractivity contribution in [1.82, 2.24) is 4.57 Å². The second-order valence-corrected chi connectivity index (χ2v) is 7.52. The van der Waals surface area contributed by atoms with E-state index in [0.717, 1.165) is 0 Å². The zero-order valence-electron chi connectivity index (χ0n) is 15.4. The highest BCUT2D eigenvalue weighted by molar-refractivity contribution is 5.95. The monoisotopic (exact) mass is 388 g/mol. The Bertz CT molecular complexity index is 1300. The quantitative estimate of drug-likeness (QED) is 0.592. The Balaban J connectivity index is 1.83. The molecule has 2 aromatic carbocycles. The summed E-state index contributed by atoms with van der Waals surface area (Å²) in [6, 6.07) is 12.6. The van der Waals surface area contributed by atoms with Gasteiger partial charge in [-0.1, -0.05) is 24.3 Å². The van der Waals surface area contributed by atoms with Crippen LogP contribution in [-0.4, -0.2) is 25.9 Å². The van der Waals surface area contributed by atoms with Crippen LogP contribution < -0.4 is 0 Å². The summed E-state index contributed by atoms with van der Waals surface area (Å²) in [6.07, 6.45) is 2.96. The average molecular weight is 388 g/mol. The summed E-state index contributed by atoms with van der Waals surface area (Å²) in [6.45, 7) is 1.72. The molecule has 0 saturated heterocycles. The molecule has 7 heteroatoms. The number of carboxylic acids is 1. The van der Waals surface area contributed by atoms with Crippen LogP contribution in [0.5, 0.6) is 11.8 Å². The van der Waals surface area contributed by atoms with Gasteiger partial charge in [0.1, 0.15) is 11.2 Å². The van der Waals surface area contributed by atoms with Crippen molar-refractivity contribution in [1.29, 1.82) is 5.26 Å². The predicted molar refractivity (Wildman–Crippen MR) is 103 cm³/mol. The van der Waals surface area contributed by atoms with Gasteiger partial charge in [-0.25, -0.2) is 0 Å². The van der Waals surface area contributed by atoms with Gasteiger partial charge < -0.3 is 20.1 Å². The number of aromatic nitrogens is 1. The van der Waals surface area contributed by atoms with E-state index in [1.165, 1.54) is 4.57 Å². The average Bonchev–Trinajstić information content (AvgIpc) is 3.25. The third-order valence-corrected chi connectivity index (χ3v) is 5.78. The Kier molecular flexibility index (Phi) is 3.23. The molecule has 2 aliphatic heterocycles. The molecule has 3 aromatic rings. The number of aliphatic carboxylic acids is 1. The van der Waals surface area contributed by atoms with Crippen LogP contribution in [0.4, 0.5) is 0 Å². The van der Waals surface area contributed by atoms with E-state index in [2.05, 4.69) is 6.07 Å². The molecular weight excluding hydrogens is 372 g/mol. The largest absolute Gasteiger partial charge is 0.494 e. The van der Waals surface area contributed by atoms with Crippen LogP contribution in [0.1, 0.15) is 30.0 Å². The molecule has 1 aromatic heterocycles. The van der Waals surface area contributed by atoms with Crippen molar-refractivity contribution < 1.29 is 24.9 Å². The summed E-state index contributed by atoms with van der Waals surface area (Å²) in [4.78, 5) is 11.5. The van der Waals surface area contributed by atoms with Crippen molar-refractivity contribution in [2.24, 2.45) is 0 Å². The number of nitrogens with zero attached hydrogens (tertiary/aromatic N) is 2. The lowest BCUT2D eigenvalue weighted by atomic mass is 9.83. The van der Waals surface area contributed by atoms with Gasteiger partial charge in [0.25, 0.3) is 0 Å². The first-order valence-electron chi connectivity index (χ1n) is 9.03. The predicted octanol–water partition coefficient (Wildman–Crippen LogP) is 3.40. The van der Waals surface area contributed by atoms with Crippen LogP contribution in [0.25, 0.3) is 16.5 Å². The van der Waals surface area contributed by atoms with Crippen molar-refractivity contribution in [3.05, 3.63) is 65.2 Å². The van der Waals surface area contributed by atoms with E-state index in [1.54, 1.807) is 49.4 Å². The molecule has 0 aliphatic carbocycles. The van der Waals surface area contributed by atoms with Crippen molar-refractivity contribution in [3.63, 3.8) is 0 Å². The van der Waals surface area contributed by atoms with Gasteiger partial charge in [-0.3, -0.25) is 9.36 Å². The van der Waals surface area contributed by atoms with Crippen LogP contribution in [-0.2, 0) is 20.7 Å². The van der Waals surface area contributed by atoms with Crippen LogP contribution in [0.3, 0.4) is 0 Å². The Labute approximate surface area is 165 Å². The molecule has 144 valence electrons. The van der Waals surface area contributed by atoms with Crippen LogP contribution in [0.2, 0.25) is 0 Å². The van der Waals surface area contributed by atoms with Gasteiger partial charge in [0.15, 0.2) is 0 Å². The Morgan fingerprint density at radius 1 is 1.10 bits per heavy atom. The second-order valence-electron chi connectivity index (χ2n) is 7.52. The number of fused-ring (bicyclic) bond motifs is 6. The summed E-state index contributed by atoms with van der Waals surface area (Å²) in [5.74, 6) is -1.57. The highest BCUT2D eigenvalue weighted by Gasteiger charge is 2.59. The summed E-state index contributed by atoms with van der Waals surface area (Å²) in [5.41, 5.74) is -0.812. The summed E-state index contributed by atoms with van der Waals surface area (Å²) in [7, 11) is 0. The van der Waals surface area contributed by atoms with Crippen molar-refractivity contribution >= 4 is 16.7 Å². The van der Waals surface area contributed by atoms with Gasteiger partial charge in [-0.05, 0) is 31.2 Å². The molecule has 0 fully saturated rings. The number of carboxylic acid groups (broad SMARTS) is 1. The van der Waals surface area contributed by atoms with E-state index in [4.69, 9.17) is 4.74 Å². The fourth-order valence-electron chi connectivity index (χ4n) is 4.64. The molecule has 5 rings (SSSR count). The molecule has 3 N–H and O–H groups in total. The fourth-order valence-corrected chi connectivity index (χ4v) is 4.64. The molecular formula is C22H16N2O5. The van der Waals surface area contributed by atoms with Crippen LogP contribution in [0, 0.1) is 11.3 Å². The second kappa shape index (κ2) is 5.40. The number of rotatable bonds is 3. The maximum Gasteiger partial charge on any atom is 0.306 e. The van der Waals surface area contributed by atoms with Crippen molar-refractivity contribution in [2.75, 3.05) is 0 Å². The van der Waals surface area contributed by atoms with E-state index in [1.807, 2.05) is 6.07 Å². The van der Waals surface area contributed by atoms with Gasteiger partial charge in [0.2, 0.25) is 11.8 Å². The van der Waals surface area contributed by atoms with Gasteiger partial charge in [0, 0.05) is 10.8 Å². The van der Waals surface area contributed by atoms with Gasteiger partial charge in [-0.2, -0.15) is 5.26 Å². The number of nitriles is 1. The number of hydrogen-bond acceptors (Lipinski definition) is 5. The Morgan fingerprint density at radius 2 is 1.79 bits per heavy atom.